The number of hydrogen-bond donors (Lipinski definition) is 1. The van der Waals surface area contributed by atoms with Crippen LogP contribution in [0.3, 0.4) is 0 Å². The minimum absolute atomic E-state index is 0.200. The first-order chi connectivity index (χ1) is 14.1. The minimum Gasteiger partial charge on any atom is -0.484 e. The molecule has 1 N–H and O–H groups in total. The zero-order chi connectivity index (χ0) is 20.6. The van der Waals surface area contributed by atoms with Crippen molar-refractivity contribution in [3.63, 3.8) is 0 Å². The van der Waals surface area contributed by atoms with E-state index in [2.05, 4.69) is 10.5 Å². The van der Waals surface area contributed by atoms with Crippen LogP contribution in [0.1, 0.15) is 16.1 Å². The lowest BCUT2D eigenvalue weighted by molar-refractivity contribution is -0.123. The number of furan rings is 1. The lowest BCUT2D eigenvalue weighted by Crippen LogP contribution is -2.24. The van der Waals surface area contributed by atoms with Gasteiger partial charge in [0.2, 0.25) is 0 Å². The van der Waals surface area contributed by atoms with Crippen molar-refractivity contribution in [2.45, 2.75) is 0 Å². The van der Waals surface area contributed by atoms with E-state index < -0.39 is 11.9 Å². The number of nitrogens with one attached hydrogen (secondary N) is 1. The predicted octanol–water partition coefficient (Wildman–Crippen LogP) is 3.92. The number of hydrazone groups is 1. The molecule has 0 saturated carbocycles. The Morgan fingerprint density at radius 1 is 1.10 bits per heavy atom. The number of halogens is 1. The van der Waals surface area contributed by atoms with Gasteiger partial charge in [0.05, 0.1) is 18.9 Å². The van der Waals surface area contributed by atoms with Gasteiger partial charge in [-0.15, -0.1) is 0 Å². The lowest BCUT2D eigenvalue weighted by Gasteiger charge is -2.05. The van der Waals surface area contributed by atoms with E-state index in [-0.39, 0.29) is 6.61 Å². The molecule has 8 heteroatoms. The van der Waals surface area contributed by atoms with Gasteiger partial charge in [0.15, 0.2) is 6.61 Å². The molecule has 2 aromatic carbocycles. The fourth-order valence-electron chi connectivity index (χ4n) is 2.43. The Bertz CT molecular complexity index is 1030. The molecule has 29 heavy (non-hydrogen) atoms. The van der Waals surface area contributed by atoms with Gasteiger partial charge in [0, 0.05) is 10.6 Å². The Labute approximate surface area is 171 Å². The number of rotatable bonds is 7. The van der Waals surface area contributed by atoms with Crippen molar-refractivity contribution >= 4 is 29.7 Å². The molecule has 1 heterocycles. The molecule has 0 saturated heterocycles. The molecular formula is C21H17ClN2O5. The molecule has 0 bridgehead atoms. The van der Waals surface area contributed by atoms with Gasteiger partial charge in [0.25, 0.3) is 5.91 Å². The third kappa shape index (κ3) is 5.46. The van der Waals surface area contributed by atoms with Crippen molar-refractivity contribution < 1.29 is 23.5 Å². The second kappa shape index (κ2) is 9.57. The fourth-order valence-corrected chi connectivity index (χ4v) is 2.56. The van der Waals surface area contributed by atoms with Crippen molar-refractivity contribution in [3.05, 3.63) is 77.0 Å². The third-order valence-electron chi connectivity index (χ3n) is 3.79. The summed E-state index contributed by atoms with van der Waals surface area (Å²) in [5.74, 6) is 0.510. The van der Waals surface area contributed by atoms with Crippen molar-refractivity contribution in [3.8, 4) is 17.1 Å². The van der Waals surface area contributed by atoms with Crippen molar-refractivity contribution in [2.75, 3.05) is 13.7 Å². The molecule has 3 rings (SSSR count). The average Bonchev–Trinajstić information content (AvgIpc) is 3.21. The van der Waals surface area contributed by atoms with Crippen LogP contribution in [0.25, 0.3) is 11.3 Å². The Morgan fingerprint density at radius 2 is 1.86 bits per heavy atom. The molecule has 0 unspecified atom stereocenters. The summed E-state index contributed by atoms with van der Waals surface area (Å²) in [5.41, 5.74) is 3.33. The van der Waals surface area contributed by atoms with Crippen LogP contribution in [0.15, 0.2) is 70.2 Å². The highest BCUT2D eigenvalue weighted by Crippen LogP contribution is 2.26. The number of benzene rings is 2. The van der Waals surface area contributed by atoms with Crippen molar-refractivity contribution in [1.29, 1.82) is 0 Å². The van der Waals surface area contributed by atoms with Gasteiger partial charge < -0.3 is 13.9 Å². The van der Waals surface area contributed by atoms with Gasteiger partial charge >= 0.3 is 5.97 Å². The van der Waals surface area contributed by atoms with Gasteiger partial charge in [-0.2, -0.15) is 5.10 Å². The van der Waals surface area contributed by atoms with E-state index in [0.717, 1.165) is 0 Å². The molecule has 0 aliphatic rings. The minimum atomic E-state index is -0.458. The lowest BCUT2D eigenvalue weighted by atomic mass is 10.1. The SMILES string of the molecule is COC(=O)c1ccccc1-c1ccc(/C=N\NC(=O)COc2ccc(Cl)cc2)o1. The maximum absolute atomic E-state index is 11.9. The number of esters is 1. The van der Waals surface area contributed by atoms with Crippen LogP contribution in [-0.2, 0) is 9.53 Å². The Morgan fingerprint density at radius 3 is 2.62 bits per heavy atom. The summed E-state index contributed by atoms with van der Waals surface area (Å²) >= 11 is 5.79. The molecule has 1 aromatic heterocycles. The van der Waals surface area contributed by atoms with E-state index in [4.69, 9.17) is 25.5 Å². The zero-order valence-corrected chi connectivity index (χ0v) is 16.2. The summed E-state index contributed by atoms with van der Waals surface area (Å²) in [7, 11) is 1.32. The van der Waals surface area contributed by atoms with Crippen LogP contribution in [-0.4, -0.2) is 31.8 Å². The predicted molar refractivity (Wildman–Crippen MR) is 108 cm³/mol. The number of amides is 1. The molecule has 7 nitrogen and oxygen atoms in total. The summed E-state index contributed by atoms with van der Waals surface area (Å²) in [6, 6.07) is 17.0. The van der Waals surface area contributed by atoms with E-state index in [1.165, 1.54) is 13.3 Å². The molecule has 0 aliphatic heterocycles. The first kappa shape index (κ1) is 20.2. The molecule has 0 atom stereocenters. The second-order valence-electron chi connectivity index (χ2n) is 5.77. The van der Waals surface area contributed by atoms with Crippen LogP contribution in [0.5, 0.6) is 5.75 Å². The summed E-state index contributed by atoms with van der Waals surface area (Å²) in [5, 5.41) is 4.42. The molecule has 0 fully saturated rings. The van der Waals surface area contributed by atoms with Gasteiger partial charge in [0.1, 0.15) is 17.3 Å². The number of carbonyl (C=O) groups is 2. The number of nitrogens with zero attached hydrogens (tertiary/aromatic N) is 1. The van der Waals surface area contributed by atoms with Gasteiger partial charge in [-0.25, -0.2) is 10.2 Å². The largest absolute Gasteiger partial charge is 0.484 e. The van der Waals surface area contributed by atoms with Crippen LogP contribution < -0.4 is 10.2 Å². The van der Waals surface area contributed by atoms with Crippen LogP contribution in [0, 0.1) is 0 Å². The molecule has 1 amide bonds. The third-order valence-corrected chi connectivity index (χ3v) is 4.04. The van der Waals surface area contributed by atoms with Gasteiger partial charge in [-0.1, -0.05) is 29.8 Å². The van der Waals surface area contributed by atoms with Crippen molar-refractivity contribution in [2.24, 2.45) is 5.10 Å². The topological polar surface area (TPSA) is 90.1 Å². The first-order valence-electron chi connectivity index (χ1n) is 8.54. The smallest absolute Gasteiger partial charge is 0.338 e. The monoisotopic (exact) mass is 412 g/mol. The molecular weight excluding hydrogens is 396 g/mol. The number of methoxy groups -OCH3 is 1. The number of carbonyl (C=O) groups excluding carboxylic acids is 2. The van der Waals surface area contributed by atoms with Crippen LogP contribution in [0.2, 0.25) is 5.02 Å². The van der Waals surface area contributed by atoms with Crippen molar-refractivity contribution in [1.82, 2.24) is 5.43 Å². The highest BCUT2D eigenvalue weighted by atomic mass is 35.5. The molecule has 0 radical (unpaired) electrons. The number of ether oxygens (including phenoxy) is 2. The Kier molecular flexibility index (Phi) is 6.65. The van der Waals surface area contributed by atoms with E-state index in [0.29, 0.717) is 33.4 Å². The normalized spacial score (nSPS) is 10.7. The van der Waals surface area contributed by atoms with Gasteiger partial charge in [-0.05, 0) is 42.5 Å². The van der Waals surface area contributed by atoms with E-state index in [1.54, 1.807) is 60.7 Å². The molecule has 148 valence electrons. The quantitative estimate of drug-likeness (QED) is 0.361. The maximum Gasteiger partial charge on any atom is 0.338 e. The standard InChI is InChI=1S/C21H17ClN2O5/c1-27-21(26)18-5-3-2-4-17(18)19-11-10-16(29-19)12-23-24-20(25)13-28-15-8-6-14(22)7-9-15/h2-12H,13H2,1H3,(H,24,25)/b23-12-. The van der Waals surface area contributed by atoms with E-state index >= 15 is 0 Å². The second-order valence-corrected chi connectivity index (χ2v) is 6.21. The zero-order valence-electron chi connectivity index (χ0n) is 15.4. The Balaban J connectivity index is 1.57. The summed E-state index contributed by atoms with van der Waals surface area (Å²) in [6.45, 7) is -0.200. The summed E-state index contributed by atoms with van der Waals surface area (Å²) < 4.78 is 15.8. The summed E-state index contributed by atoms with van der Waals surface area (Å²) in [6.07, 6.45) is 1.35. The fraction of sp³-hybridized carbons (Fsp3) is 0.0952. The molecule has 0 aliphatic carbocycles. The molecule has 3 aromatic rings. The summed E-state index contributed by atoms with van der Waals surface area (Å²) in [4.78, 5) is 23.7. The highest BCUT2D eigenvalue weighted by Gasteiger charge is 2.15. The van der Waals surface area contributed by atoms with E-state index in [9.17, 15) is 9.59 Å². The Hall–Kier alpha value is -3.58. The average molecular weight is 413 g/mol. The highest BCUT2D eigenvalue weighted by molar-refractivity contribution is 6.30. The van der Waals surface area contributed by atoms with E-state index in [1.807, 2.05) is 0 Å². The molecule has 0 spiro atoms. The van der Waals surface area contributed by atoms with Gasteiger partial charge in [-0.3, -0.25) is 4.79 Å². The first-order valence-corrected chi connectivity index (χ1v) is 8.92. The van der Waals surface area contributed by atoms with Crippen LogP contribution in [0.4, 0.5) is 0 Å². The van der Waals surface area contributed by atoms with Crippen LogP contribution >= 0.6 is 11.6 Å². The maximum atomic E-state index is 11.9. The number of hydrogen-bond acceptors (Lipinski definition) is 6.